The van der Waals surface area contributed by atoms with Crippen LogP contribution in [-0.4, -0.2) is 39.2 Å². The number of terminal acetylenes is 1. The molecule has 0 spiro atoms. The number of halogens is 1. The molecule has 0 saturated carbocycles. The Kier molecular flexibility index (Phi) is 6.29. The van der Waals surface area contributed by atoms with Crippen molar-refractivity contribution in [3.05, 3.63) is 41.2 Å². The van der Waals surface area contributed by atoms with Gasteiger partial charge in [-0.1, -0.05) is 19.8 Å². The van der Waals surface area contributed by atoms with Crippen LogP contribution in [0.15, 0.2) is 18.2 Å². The standard InChI is InChI=1S/C21H25FN6O/c1-5-14-7-8-16(29-4)11-15(14)12-17-25-18-19(23)26-21(22)27-20(18)28(17)10-6-9-24-13(2)3/h1,7-8,11,13,24H,6,9-10,12H2,2-4H3,(H2,23,26,27). The van der Waals surface area contributed by atoms with Crippen molar-refractivity contribution in [3.63, 3.8) is 0 Å². The smallest absolute Gasteiger partial charge is 0.312 e. The molecular weight excluding hydrogens is 371 g/mol. The van der Waals surface area contributed by atoms with Gasteiger partial charge >= 0.3 is 6.08 Å². The Hall–Kier alpha value is -3.18. The summed E-state index contributed by atoms with van der Waals surface area (Å²) >= 11 is 0. The van der Waals surface area contributed by atoms with Gasteiger partial charge in [0.1, 0.15) is 11.6 Å². The predicted molar refractivity (Wildman–Crippen MR) is 111 cm³/mol. The summed E-state index contributed by atoms with van der Waals surface area (Å²) in [6.45, 7) is 5.60. The highest BCUT2D eigenvalue weighted by Crippen LogP contribution is 2.24. The van der Waals surface area contributed by atoms with Gasteiger partial charge in [0.15, 0.2) is 17.0 Å². The van der Waals surface area contributed by atoms with E-state index in [9.17, 15) is 4.39 Å². The lowest BCUT2D eigenvalue weighted by molar-refractivity contribution is 0.414. The summed E-state index contributed by atoms with van der Waals surface area (Å²) in [5, 5.41) is 3.37. The Morgan fingerprint density at radius 2 is 2.10 bits per heavy atom. The highest BCUT2D eigenvalue weighted by Gasteiger charge is 2.18. The number of imidazole rings is 1. The molecule has 3 aromatic rings. The minimum absolute atomic E-state index is 0.0237. The molecule has 8 heteroatoms. The molecule has 29 heavy (non-hydrogen) atoms. The second-order valence-corrected chi connectivity index (χ2v) is 7.04. The molecule has 3 N–H and O–H groups in total. The lowest BCUT2D eigenvalue weighted by atomic mass is 10.0. The summed E-state index contributed by atoms with van der Waals surface area (Å²) in [7, 11) is 1.60. The van der Waals surface area contributed by atoms with Crippen LogP contribution in [0, 0.1) is 18.4 Å². The van der Waals surface area contributed by atoms with Crippen molar-refractivity contribution in [3.8, 4) is 18.1 Å². The number of nitrogens with two attached hydrogens (primary N) is 1. The van der Waals surface area contributed by atoms with Crippen molar-refractivity contribution in [2.45, 2.75) is 39.3 Å². The predicted octanol–water partition coefficient (Wildman–Crippen LogP) is 2.52. The number of fused-ring (bicyclic) bond motifs is 1. The van der Waals surface area contributed by atoms with Crippen molar-refractivity contribution in [1.82, 2.24) is 24.8 Å². The Bertz CT molecular complexity index is 1050. The molecule has 0 fully saturated rings. The zero-order chi connectivity index (χ0) is 21.0. The highest BCUT2D eigenvalue weighted by atomic mass is 19.1. The van der Waals surface area contributed by atoms with Crippen LogP contribution in [0.3, 0.4) is 0 Å². The minimum Gasteiger partial charge on any atom is -0.497 e. The zero-order valence-corrected chi connectivity index (χ0v) is 16.9. The first-order valence-electron chi connectivity index (χ1n) is 9.48. The molecule has 152 valence electrons. The van der Waals surface area contributed by atoms with E-state index in [-0.39, 0.29) is 5.82 Å². The Morgan fingerprint density at radius 3 is 2.79 bits per heavy atom. The van der Waals surface area contributed by atoms with Crippen LogP contribution in [0.5, 0.6) is 5.75 Å². The van der Waals surface area contributed by atoms with Gasteiger partial charge in [0.2, 0.25) is 0 Å². The second kappa shape index (κ2) is 8.88. The van der Waals surface area contributed by atoms with E-state index < -0.39 is 6.08 Å². The quantitative estimate of drug-likeness (QED) is 0.345. The Labute approximate surface area is 169 Å². The first-order valence-corrected chi connectivity index (χ1v) is 9.48. The molecule has 1 aromatic carbocycles. The maximum Gasteiger partial charge on any atom is 0.312 e. The van der Waals surface area contributed by atoms with Gasteiger partial charge in [0.05, 0.1) is 7.11 Å². The lowest BCUT2D eigenvalue weighted by Gasteiger charge is -2.12. The molecule has 0 amide bonds. The van der Waals surface area contributed by atoms with Crippen LogP contribution >= 0.6 is 0 Å². The van der Waals surface area contributed by atoms with Crippen molar-refractivity contribution < 1.29 is 9.13 Å². The van der Waals surface area contributed by atoms with Gasteiger partial charge < -0.3 is 20.4 Å². The number of methoxy groups -OCH3 is 1. The van der Waals surface area contributed by atoms with Gasteiger partial charge in [0, 0.05) is 24.6 Å². The number of hydrogen-bond donors (Lipinski definition) is 2. The number of nitrogens with zero attached hydrogens (tertiary/aromatic N) is 4. The van der Waals surface area contributed by atoms with Crippen LogP contribution in [0.1, 0.15) is 37.2 Å². The Balaban J connectivity index is 2.01. The summed E-state index contributed by atoms with van der Waals surface area (Å²) in [6.07, 6.45) is 6.05. The molecule has 0 bridgehead atoms. The van der Waals surface area contributed by atoms with E-state index in [0.717, 1.165) is 24.1 Å². The molecule has 2 heterocycles. The third kappa shape index (κ3) is 4.63. The van der Waals surface area contributed by atoms with E-state index in [1.165, 1.54) is 0 Å². The number of nitrogens with one attached hydrogen (secondary N) is 1. The fourth-order valence-electron chi connectivity index (χ4n) is 3.19. The molecule has 0 aliphatic rings. The van der Waals surface area contributed by atoms with Crippen LogP contribution in [0.25, 0.3) is 11.2 Å². The van der Waals surface area contributed by atoms with Gasteiger partial charge in [-0.3, -0.25) is 0 Å². The fourth-order valence-corrected chi connectivity index (χ4v) is 3.19. The molecule has 0 radical (unpaired) electrons. The van der Waals surface area contributed by atoms with Crippen molar-refractivity contribution in [2.75, 3.05) is 19.4 Å². The van der Waals surface area contributed by atoms with Gasteiger partial charge in [-0.2, -0.15) is 14.4 Å². The normalized spacial score (nSPS) is 11.2. The molecule has 2 aromatic heterocycles. The number of anilines is 1. The SMILES string of the molecule is C#Cc1ccc(OC)cc1Cc1nc2c(N)nc(F)nc2n1CCCNC(C)C. The van der Waals surface area contributed by atoms with Gasteiger partial charge in [-0.05, 0) is 36.7 Å². The van der Waals surface area contributed by atoms with Crippen molar-refractivity contribution in [1.29, 1.82) is 0 Å². The molecule has 0 aliphatic carbocycles. The highest BCUT2D eigenvalue weighted by molar-refractivity contribution is 5.82. The molecule has 0 aliphatic heterocycles. The summed E-state index contributed by atoms with van der Waals surface area (Å²) in [5.74, 6) is 4.11. The van der Waals surface area contributed by atoms with E-state index in [0.29, 0.717) is 41.7 Å². The zero-order valence-electron chi connectivity index (χ0n) is 16.9. The van der Waals surface area contributed by atoms with Crippen molar-refractivity contribution in [2.24, 2.45) is 0 Å². The van der Waals surface area contributed by atoms with Gasteiger partial charge in [-0.25, -0.2) is 4.98 Å². The molecule has 0 saturated heterocycles. The third-order valence-electron chi connectivity index (χ3n) is 4.60. The number of aromatic nitrogens is 4. The van der Waals surface area contributed by atoms with E-state index >= 15 is 0 Å². The molecule has 7 nitrogen and oxygen atoms in total. The summed E-state index contributed by atoms with van der Waals surface area (Å²) in [6, 6.07) is 5.92. The van der Waals surface area contributed by atoms with Crippen LogP contribution < -0.4 is 15.8 Å². The largest absolute Gasteiger partial charge is 0.497 e. The number of ether oxygens (including phenoxy) is 1. The average Bonchev–Trinajstić information content (AvgIpc) is 3.02. The first-order chi connectivity index (χ1) is 13.9. The van der Waals surface area contributed by atoms with E-state index in [1.807, 2.05) is 22.8 Å². The number of rotatable bonds is 8. The molecule has 0 atom stereocenters. The third-order valence-corrected chi connectivity index (χ3v) is 4.60. The second-order valence-electron chi connectivity index (χ2n) is 7.04. The summed E-state index contributed by atoms with van der Waals surface area (Å²) < 4.78 is 21.0. The number of nitrogen functional groups attached to an aromatic ring is 1. The first kappa shape index (κ1) is 20.6. The maximum atomic E-state index is 13.8. The average molecular weight is 396 g/mol. The lowest BCUT2D eigenvalue weighted by Crippen LogP contribution is -2.24. The topological polar surface area (TPSA) is 90.9 Å². The molecule has 3 rings (SSSR count). The molecule has 0 unspecified atom stereocenters. The summed E-state index contributed by atoms with van der Waals surface area (Å²) in [5.41, 5.74) is 8.31. The van der Waals surface area contributed by atoms with Crippen LogP contribution in [0.4, 0.5) is 10.2 Å². The number of benzene rings is 1. The molecular formula is C21H25FN6O. The van der Waals surface area contributed by atoms with E-state index in [1.54, 1.807) is 7.11 Å². The number of hydrogen-bond acceptors (Lipinski definition) is 6. The summed E-state index contributed by atoms with van der Waals surface area (Å²) in [4.78, 5) is 12.2. The maximum absolute atomic E-state index is 13.8. The van der Waals surface area contributed by atoms with Crippen molar-refractivity contribution >= 4 is 17.0 Å². The van der Waals surface area contributed by atoms with Crippen LogP contribution in [-0.2, 0) is 13.0 Å². The van der Waals surface area contributed by atoms with E-state index in [4.69, 9.17) is 16.9 Å². The van der Waals surface area contributed by atoms with E-state index in [2.05, 4.69) is 40.0 Å². The Morgan fingerprint density at radius 1 is 1.31 bits per heavy atom. The van der Waals surface area contributed by atoms with Crippen LogP contribution in [0.2, 0.25) is 0 Å². The van der Waals surface area contributed by atoms with Gasteiger partial charge in [0.25, 0.3) is 0 Å². The fraction of sp³-hybridized carbons (Fsp3) is 0.381. The number of aryl methyl sites for hydroxylation is 1. The monoisotopic (exact) mass is 396 g/mol. The minimum atomic E-state index is -0.867. The van der Waals surface area contributed by atoms with Gasteiger partial charge in [-0.15, -0.1) is 6.42 Å².